The molecule has 0 saturated carbocycles. The normalized spacial score (nSPS) is 9.45. The number of carbonyl (C=O) groups is 3. The van der Waals surface area contributed by atoms with Gasteiger partial charge in [-0.15, -0.1) is 0 Å². The quantitative estimate of drug-likeness (QED) is 0.439. The summed E-state index contributed by atoms with van der Waals surface area (Å²) in [5.74, 6) is -2.13. The number of carboxylic acids is 1. The molecule has 0 heterocycles. The van der Waals surface area contributed by atoms with Crippen molar-refractivity contribution in [3.05, 3.63) is 12.2 Å². The Labute approximate surface area is 61.7 Å². The summed E-state index contributed by atoms with van der Waals surface area (Å²) in [5.41, 5.74) is 4.55. The van der Waals surface area contributed by atoms with Gasteiger partial charge in [0.25, 0.3) is 5.91 Å². The predicted molar refractivity (Wildman–Crippen MR) is 34.5 cm³/mol. The second kappa shape index (κ2) is 4.04. The number of hydrogen-bond acceptors (Lipinski definition) is 3. The van der Waals surface area contributed by atoms with Gasteiger partial charge in [0.1, 0.15) is 0 Å². The van der Waals surface area contributed by atoms with E-state index < -0.39 is 17.9 Å². The summed E-state index contributed by atoms with van der Waals surface area (Å²) >= 11 is 0. The zero-order chi connectivity index (χ0) is 8.85. The molecule has 0 aromatic carbocycles. The third-order valence-corrected chi connectivity index (χ3v) is 0.624. The first-order valence-corrected chi connectivity index (χ1v) is 2.54. The fourth-order valence-electron chi connectivity index (χ4n) is 0.310. The van der Waals surface area contributed by atoms with Crippen LogP contribution >= 0.6 is 0 Å². The number of aliphatic carboxylic acids is 1. The van der Waals surface area contributed by atoms with Crippen LogP contribution in [0.4, 0.5) is 4.79 Å². The molecule has 0 atom stereocenters. The molecule has 3 amide bonds. The van der Waals surface area contributed by atoms with E-state index in [1.54, 1.807) is 5.32 Å². The molecule has 0 saturated heterocycles. The number of primary amides is 1. The van der Waals surface area contributed by atoms with Crippen LogP contribution in [-0.2, 0) is 9.59 Å². The maximum Gasteiger partial charge on any atom is 0.328 e. The highest BCUT2D eigenvalue weighted by Gasteiger charge is 1.98. The largest absolute Gasteiger partial charge is 0.478 e. The van der Waals surface area contributed by atoms with Gasteiger partial charge in [-0.1, -0.05) is 0 Å². The summed E-state index contributed by atoms with van der Waals surface area (Å²) in [6, 6.07) is -1.02. The average molecular weight is 158 g/mol. The maximum absolute atomic E-state index is 10.4. The highest BCUT2D eigenvalue weighted by atomic mass is 16.4. The molecule has 0 aromatic rings. The van der Waals surface area contributed by atoms with Crippen LogP contribution in [0.1, 0.15) is 0 Å². The van der Waals surface area contributed by atoms with Crippen LogP contribution in [-0.4, -0.2) is 23.0 Å². The Bertz CT molecular complexity index is 221. The van der Waals surface area contributed by atoms with Crippen LogP contribution in [0.3, 0.4) is 0 Å². The molecule has 60 valence electrons. The zero-order valence-corrected chi connectivity index (χ0v) is 5.40. The van der Waals surface area contributed by atoms with E-state index >= 15 is 0 Å². The molecule has 0 aromatic heterocycles. The molecule has 0 rings (SSSR count). The number of imide groups is 1. The number of nitrogens with one attached hydrogen (secondary N) is 1. The fraction of sp³-hybridized carbons (Fsp3) is 0. The third-order valence-electron chi connectivity index (χ3n) is 0.624. The molecular formula is C5H6N2O4. The maximum atomic E-state index is 10.4. The van der Waals surface area contributed by atoms with Gasteiger partial charge in [0.05, 0.1) is 0 Å². The Kier molecular flexibility index (Phi) is 3.36. The third kappa shape index (κ3) is 6.03. The minimum atomic E-state index is -1.27. The molecule has 0 fully saturated rings. The molecule has 6 heteroatoms. The number of amides is 3. The summed E-state index contributed by atoms with van der Waals surface area (Å²) in [5, 5.41) is 9.66. The number of rotatable bonds is 2. The number of hydrogen-bond donors (Lipinski definition) is 3. The molecule has 4 N–H and O–H groups in total. The number of carboxylic acid groups (broad SMARTS) is 1. The summed E-state index contributed by atoms with van der Waals surface area (Å²) in [4.78, 5) is 30.2. The van der Waals surface area contributed by atoms with Crippen LogP contribution in [0.15, 0.2) is 12.2 Å². The van der Waals surface area contributed by atoms with Crippen molar-refractivity contribution >= 4 is 17.9 Å². The molecule has 0 spiro atoms. The van der Waals surface area contributed by atoms with Gasteiger partial charge < -0.3 is 10.8 Å². The molecule has 6 nitrogen and oxygen atoms in total. The molecule has 0 unspecified atom stereocenters. The highest BCUT2D eigenvalue weighted by molar-refractivity contribution is 6.02. The Morgan fingerprint density at radius 3 is 2.18 bits per heavy atom. The van der Waals surface area contributed by atoms with Crippen LogP contribution in [0, 0.1) is 0 Å². The van der Waals surface area contributed by atoms with E-state index in [1.807, 2.05) is 0 Å². The van der Waals surface area contributed by atoms with Gasteiger partial charge >= 0.3 is 12.0 Å². The van der Waals surface area contributed by atoms with E-state index in [0.29, 0.717) is 12.2 Å². The summed E-state index contributed by atoms with van der Waals surface area (Å²) in [7, 11) is 0. The molecule has 11 heavy (non-hydrogen) atoms. The lowest BCUT2D eigenvalue weighted by atomic mass is 10.5. The summed E-state index contributed by atoms with van der Waals surface area (Å²) in [6.45, 7) is 0. The van der Waals surface area contributed by atoms with E-state index in [1.165, 1.54) is 0 Å². The Hall–Kier alpha value is -1.85. The van der Waals surface area contributed by atoms with Crippen molar-refractivity contribution in [3.63, 3.8) is 0 Å². The zero-order valence-electron chi connectivity index (χ0n) is 5.40. The smallest absolute Gasteiger partial charge is 0.328 e. The SMILES string of the molecule is NC(=O)NC(=O)/C=C/C(=O)O. The highest BCUT2D eigenvalue weighted by Crippen LogP contribution is 1.72. The second-order valence-corrected chi connectivity index (χ2v) is 1.53. The molecule has 0 bridgehead atoms. The standard InChI is InChI=1S/C5H6N2O4/c6-5(11)7-3(8)1-2-4(9)10/h1-2H,(H,9,10)(H3,6,7,8,11)/b2-1+. The van der Waals surface area contributed by atoms with Crippen LogP contribution in [0.5, 0.6) is 0 Å². The minimum Gasteiger partial charge on any atom is -0.478 e. The van der Waals surface area contributed by atoms with Crippen LogP contribution < -0.4 is 11.1 Å². The van der Waals surface area contributed by atoms with Gasteiger partial charge in [-0.2, -0.15) is 0 Å². The summed E-state index contributed by atoms with van der Waals surface area (Å²) < 4.78 is 0. The Morgan fingerprint density at radius 1 is 1.27 bits per heavy atom. The van der Waals surface area contributed by atoms with Gasteiger partial charge in [0, 0.05) is 12.2 Å². The molecule has 0 aliphatic heterocycles. The Balaban J connectivity index is 3.88. The van der Waals surface area contributed by atoms with E-state index in [2.05, 4.69) is 5.73 Å². The van der Waals surface area contributed by atoms with E-state index in [0.717, 1.165) is 0 Å². The molecule has 0 radical (unpaired) electrons. The van der Waals surface area contributed by atoms with Crippen molar-refractivity contribution < 1.29 is 19.5 Å². The first-order chi connectivity index (χ1) is 5.02. The monoisotopic (exact) mass is 158 g/mol. The van der Waals surface area contributed by atoms with Gasteiger partial charge in [0.15, 0.2) is 0 Å². The topological polar surface area (TPSA) is 109 Å². The van der Waals surface area contributed by atoms with Crippen LogP contribution in [0.25, 0.3) is 0 Å². The fourth-order valence-corrected chi connectivity index (χ4v) is 0.310. The average Bonchev–Trinajstić information content (AvgIpc) is 1.82. The number of urea groups is 1. The van der Waals surface area contributed by atoms with Gasteiger partial charge in [-0.05, 0) is 0 Å². The lowest BCUT2D eigenvalue weighted by molar-refractivity contribution is -0.131. The second-order valence-electron chi connectivity index (χ2n) is 1.53. The predicted octanol–water partition coefficient (Wildman–Crippen LogP) is -1.18. The first-order valence-electron chi connectivity index (χ1n) is 2.54. The van der Waals surface area contributed by atoms with Crippen molar-refractivity contribution in [3.8, 4) is 0 Å². The summed E-state index contributed by atoms with van der Waals surface area (Å²) in [6.07, 6.45) is 1.28. The van der Waals surface area contributed by atoms with Gasteiger partial charge in [-0.25, -0.2) is 9.59 Å². The lowest BCUT2D eigenvalue weighted by Gasteiger charge is -1.91. The number of nitrogens with two attached hydrogens (primary N) is 1. The van der Waals surface area contributed by atoms with E-state index in [9.17, 15) is 14.4 Å². The Morgan fingerprint density at radius 2 is 1.82 bits per heavy atom. The minimum absolute atomic E-state index is 0.596. The van der Waals surface area contributed by atoms with Gasteiger partial charge in [-0.3, -0.25) is 10.1 Å². The van der Waals surface area contributed by atoms with E-state index in [4.69, 9.17) is 5.11 Å². The van der Waals surface area contributed by atoms with Crippen molar-refractivity contribution in [2.45, 2.75) is 0 Å². The van der Waals surface area contributed by atoms with Crippen molar-refractivity contribution in [1.82, 2.24) is 5.32 Å². The van der Waals surface area contributed by atoms with Crippen molar-refractivity contribution in [1.29, 1.82) is 0 Å². The van der Waals surface area contributed by atoms with Crippen LogP contribution in [0.2, 0.25) is 0 Å². The first kappa shape index (κ1) is 9.15. The van der Waals surface area contributed by atoms with Crippen molar-refractivity contribution in [2.24, 2.45) is 5.73 Å². The lowest BCUT2D eigenvalue weighted by Crippen LogP contribution is -2.33. The molecule has 0 aliphatic carbocycles. The van der Waals surface area contributed by atoms with Gasteiger partial charge in [0.2, 0.25) is 0 Å². The molecular weight excluding hydrogens is 152 g/mol. The van der Waals surface area contributed by atoms with E-state index in [-0.39, 0.29) is 0 Å². The van der Waals surface area contributed by atoms with Crippen molar-refractivity contribution in [2.75, 3.05) is 0 Å². The number of carbonyl (C=O) groups excluding carboxylic acids is 2. The molecule has 0 aliphatic rings.